The fourth-order valence-corrected chi connectivity index (χ4v) is 5.20. The van der Waals surface area contributed by atoms with Gasteiger partial charge in [-0.2, -0.15) is 0 Å². The van der Waals surface area contributed by atoms with Crippen LogP contribution in [0.3, 0.4) is 0 Å². The lowest BCUT2D eigenvalue weighted by atomic mass is 9.78. The van der Waals surface area contributed by atoms with E-state index in [1.807, 2.05) is 0 Å². The molecular weight excluding hydrogens is 544 g/mol. The van der Waals surface area contributed by atoms with Gasteiger partial charge in [-0.1, -0.05) is 0 Å². The van der Waals surface area contributed by atoms with E-state index < -0.39 is 103 Å². The minimum atomic E-state index is -3.02. The number of nitrogens with two attached hydrogens (primary N) is 3. The molecule has 0 spiro atoms. The average Bonchev–Trinajstić information content (AvgIpc) is 3.14. The Bertz CT molecular complexity index is 903. The standard InChI is InChI=1S/C21H40N6O13/c1-6-20(35,4-29)16(39-17-9(25-2)11(31)10(30)7(3-28)38-17)18(37-6)40-21(36)14(27-19(23)24)12(32)8(26-5-22)13(33)15(21)34/h4,6-18,25-26,28,30-36H,3,5,22H2,1-2H3,(H4,23,24,27)/t6-,7-,8+,9-,10-,11-,12+,13-,14-,15+,16-,17-,18-,20+,21+/m0/s1. The van der Waals surface area contributed by atoms with Gasteiger partial charge in [0, 0.05) is 6.67 Å². The number of nitrogens with zero attached hydrogens (tertiary/aromatic N) is 1. The molecule has 2 saturated heterocycles. The van der Waals surface area contributed by atoms with Gasteiger partial charge in [0.05, 0.1) is 30.9 Å². The van der Waals surface area contributed by atoms with E-state index in [1.54, 1.807) is 0 Å². The van der Waals surface area contributed by atoms with E-state index in [0.29, 0.717) is 0 Å². The smallest absolute Gasteiger partial charge is 0.223 e. The van der Waals surface area contributed by atoms with Gasteiger partial charge in [0.1, 0.15) is 42.7 Å². The fraction of sp³-hybridized carbons (Fsp3) is 0.905. The fourth-order valence-electron chi connectivity index (χ4n) is 5.20. The second-order valence-electron chi connectivity index (χ2n) is 9.96. The number of ether oxygens (including phenoxy) is 4. The van der Waals surface area contributed by atoms with Crippen molar-refractivity contribution in [1.82, 2.24) is 10.6 Å². The van der Waals surface area contributed by atoms with Crippen molar-refractivity contribution in [3.05, 3.63) is 0 Å². The number of hydrogen-bond donors (Lipinski definition) is 13. The summed E-state index contributed by atoms with van der Waals surface area (Å²) in [6, 6.07) is -4.39. The maximum atomic E-state index is 12.1. The summed E-state index contributed by atoms with van der Waals surface area (Å²) in [6.07, 6.45) is -17.0. The average molecular weight is 585 g/mol. The molecule has 0 aromatic rings. The predicted molar refractivity (Wildman–Crippen MR) is 130 cm³/mol. The Kier molecular flexibility index (Phi) is 10.4. The first-order valence-electron chi connectivity index (χ1n) is 12.5. The molecule has 0 amide bonds. The van der Waals surface area contributed by atoms with E-state index in [2.05, 4.69) is 15.6 Å². The normalized spacial score (nSPS) is 49.5. The number of aliphatic hydroxyl groups excluding tert-OH is 6. The molecule has 19 heteroatoms. The maximum Gasteiger partial charge on any atom is 0.223 e. The van der Waals surface area contributed by atoms with Gasteiger partial charge < -0.3 is 82.3 Å². The summed E-state index contributed by atoms with van der Waals surface area (Å²) >= 11 is 0. The van der Waals surface area contributed by atoms with Crippen molar-refractivity contribution in [2.45, 2.75) is 97.8 Å². The van der Waals surface area contributed by atoms with Crippen LogP contribution in [-0.4, -0.2) is 164 Å². The van der Waals surface area contributed by atoms with Gasteiger partial charge in [0.2, 0.25) is 5.79 Å². The molecule has 40 heavy (non-hydrogen) atoms. The monoisotopic (exact) mass is 584 g/mol. The van der Waals surface area contributed by atoms with Crippen molar-refractivity contribution in [2.24, 2.45) is 22.2 Å². The van der Waals surface area contributed by atoms with Crippen LogP contribution in [0.4, 0.5) is 0 Å². The van der Waals surface area contributed by atoms with Crippen LogP contribution in [0.1, 0.15) is 6.92 Å². The highest BCUT2D eigenvalue weighted by Gasteiger charge is 2.65. The van der Waals surface area contributed by atoms with Gasteiger partial charge in [-0.25, -0.2) is 4.99 Å². The highest BCUT2D eigenvalue weighted by atomic mass is 16.8. The Labute approximate surface area is 228 Å². The molecule has 16 N–H and O–H groups in total. The van der Waals surface area contributed by atoms with Crippen LogP contribution in [0.25, 0.3) is 0 Å². The second-order valence-corrected chi connectivity index (χ2v) is 9.96. The minimum absolute atomic E-state index is 0.0808. The third kappa shape index (κ3) is 5.69. The zero-order valence-corrected chi connectivity index (χ0v) is 21.8. The molecule has 1 aliphatic carbocycles. The first-order valence-corrected chi connectivity index (χ1v) is 12.5. The molecule has 2 aliphatic heterocycles. The number of aliphatic hydroxyl groups is 8. The van der Waals surface area contributed by atoms with Gasteiger partial charge in [-0.05, 0) is 14.0 Å². The number of likely N-dealkylation sites (N-methyl/N-ethyl adjacent to an activating group) is 1. The van der Waals surface area contributed by atoms with Crippen LogP contribution < -0.4 is 27.8 Å². The first-order chi connectivity index (χ1) is 18.7. The third-order valence-electron chi connectivity index (χ3n) is 7.55. The Hall–Kier alpha value is -1.66. The number of carbonyl (C=O) groups excluding carboxylic acids is 1. The number of hydrogen-bond acceptors (Lipinski definition) is 17. The minimum Gasteiger partial charge on any atom is -0.394 e. The molecule has 0 aromatic heterocycles. The maximum absolute atomic E-state index is 12.1. The summed E-state index contributed by atoms with van der Waals surface area (Å²) in [5.74, 6) is -3.66. The predicted octanol–water partition coefficient (Wildman–Crippen LogP) is -8.61. The lowest BCUT2D eigenvalue weighted by Crippen LogP contribution is -2.75. The summed E-state index contributed by atoms with van der Waals surface area (Å²) in [6.45, 7) is 0.276. The molecule has 15 atom stereocenters. The molecule has 3 fully saturated rings. The molecule has 0 aromatic carbocycles. The number of carbonyl (C=O) groups is 1. The van der Waals surface area contributed by atoms with E-state index in [1.165, 1.54) is 14.0 Å². The second kappa shape index (κ2) is 12.7. The first kappa shape index (κ1) is 32.8. The number of rotatable bonds is 10. The van der Waals surface area contributed by atoms with Crippen LogP contribution in [0.15, 0.2) is 4.99 Å². The molecule has 232 valence electrons. The van der Waals surface area contributed by atoms with Crippen molar-refractivity contribution in [1.29, 1.82) is 0 Å². The number of aliphatic imine (C=N–C) groups is 1. The van der Waals surface area contributed by atoms with Crippen LogP contribution in [0, 0.1) is 0 Å². The summed E-state index contributed by atoms with van der Waals surface area (Å²) in [4.78, 5) is 15.8. The summed E-state index contributed by atoms with van der Waals surface area (Å²) in [5.41, 5.74) is 13.9. The zero-order chi connectivity index (χ0) is 30.2. The van der Waals surface area contributed by atoms with E-state index >= 15 is 0 Å². The molecular formula is C21H40N6O13. The Morgan fingerprint density at radius 3 is 2.20 bits per heavy atom. The molecule has 3 aliphatic rings. The van der Waals surface area contributed by atoms with Gasteiger partial charge in [0.15, 0.2) is 30.4 Å². The number of aldehydes is 1. The molecule has 0 unspecified atom stereocenters. The highest BCUT2D eigenvalue weighted by molar-refractivity contribution is 5.76. The molecule has 0 radical (unpaired) electrons. The van der Waals surface area contributed by atoms with E-state index in [0.717, 1.165) is 0 Å². The summed E-state index contributed by atoms with van der Waals surface area (Å²) in [7, 11) is 1.39. The van der Waals surface area contributed by atoms with E-state index in [-0.39, 0.29) is 13.0 Å². The van der Waals surface area contributed by atoms with Crippen LogP contribution in [0.5, 0.6) is 0 Å². The molecule has 19 nitrogen and oxygen atoms in total. The van der Waals surface area contributed by atoms with E-state index in [4.69, 9.17) is 36.1 Å². The van der Waals surface area contributed by atoms with Gasteiger partial charge in [-0.3, -0.25) is 10.1 Å². The Morgan fingerprint density at radius 2 is 1.68 bits per heavy atom. The quantitative estimate of drug-likeness (QED) is 0.0490. The summed E-state index contributed by atoms with van der Waals surface area (Å²) < 4.78 is 22.5. The van der Waals surface area contributed by atoms with Crippen molar-refractivity contribution in [3.8, 4) is 0 Å². The third-order valence-corrected chi connectivity index (χ3v) is 7.55. The van der Waals surface area contributed by atoms with Gasteiger partial charge in [0.25, 0.3) is 0 Å². The van der Waals surface area contributed by atoms with Crippen molar-refractivity contribution >= 4 is 12.2 Å². The topological polar surface area (TPSA) is 330 Å². The zero-order valence-electron chi connectivity index (χ0n) is 21.8. The lowest BCUT2D eigenvalue weighted by molar-refractivity contribution is -0.377. The van der Waals surface area contributed by atoms with Gasteiger partial charge >= 0.3 is 0 Å². The van der Waals surface area contributed by atoms with Crippen LogP contribution in [-0.2, 0) is 23.7 Å². The SMILES string of the molecule is CN[C@@H]1[C@H](O[C@H]2[C@H](O[C@@]3(O)[C@H](O)[C@@H](O)[C@H](NCN)[C@@H](O)[C@@H]3N=C(N)N)O[C@@H](C)[C@]2(O)C=O)O[C@@H](CO)[C@H](O)[C@H]1O. The summed E-state index contributed by atoms with van der Waals surface area (Å²) in [5, 5.41) is 90.6. The van der Waals surface area contributed by atoms with Crippen LogP contribution in [0.2, 0.25) is 0 Å². The van der Waals surface area contributed by atoms with Crippen molar-refractivity contribution < 1.29 is 64.6 Å². The molecule has 0 bridgehead atoms. The van der Waals surface area contributed by atoms with E-state index in [9.17, 15) is 45.6 Å². The Balaban J connectivity index is 2.00. The molecule has 2 heterocycles. The largest absolute Gasteiger partial charge is 0.394 e. The molecule has 1 saturated carbocycles. The van der Waals surface area contributed by atoms with Gasteiger partial charge in [-0.15, -0.1) is 0 Å². The molecule has 3 rings (SSSR count). The van der Waals surface area contributed by atoms with Crippen LogP contribution >= 0.6 is 0 Å². The number of guanidine groups is 1. The number of nitrogens with one attached hydrogen (secondary N) is 2. The lowest BCUT2D eigenvalue weighted by Gasteiger charge is -2.50. The van der Waals surface area contributed by atoms with Crippen molar-refractivity contribution in [3.63, 3.8) is 0 Å². The van der Waals surface area contributed by atoms with Crippen molar-refractivity contribution in [2.75, 3.05) is 20.3 Å². The highest BCUT2D eigenvalue weighted by Crippen LogP contribution is 2.41. The Morgan fingerprint density at radius 1 is 1.02 bits per heavy atom.